The van der Waals surface area contributed by atoms with Crippen molar-refractivity contribution in [2.24, 2.45) is 0 Å². The van der Waals surface area contributed by atoms with Crippen LogP contribution in [-0.4, -0.2) is 48.8 Å². The third kappa shape index (κ3) is 4.23. The number of hydrogen-bond donors (Lipinski definition) is 1. The summed E-state index contributed by atoms with van der Waals surface area (Å²) in [7, 11) is 0. The molecule has 1 N–H and O–H groups in total. The van der Waals surface area contributed by atoms with Crippen LogP contribution < -0.4 is 5.32 Å². The van der Waals surface area contributed by atoms with Crippen molar-refractivity contribution >= 4 is 0 Å². The summed E-state index contributed by atoms with van der Waals surface area (Å²) in [5, 5.41) is 3.48. The first-order valence-corrected chi connectivity index (χ1v) is 7.41. The second kappa shape index (κ2) is 7.67. The van der Waals surface area contributed by atoms with Gasteiger partial charge in [0.1, 0.15) is 5.82 Å². The normalized spacial score (nSPS) is 21.9. The fourth-order valence-electron chi connectivity index (χ4n) is 2.52. The van der Waals surface area contributed by atoms with Crippen molar-refractivity contribution in [2.75, 3.05) is 32.8 Å². The predicted octanol–water partition coefficient (Wildman–Crippen LogP) is 1.98. The first kappa shape index (κ1) is 15.4. The van der Waals surface area contributed by atoms with Gasteiger partial charge < -0.3 is 10.1 Å². The fourth-order valence-corrected chi connectivity index (χ4v) is 2.52. The van der Waals surface area contributed by atoms with Gasteiger partial charge in [-0.3, -0.25) is 9.88 Å². The van der Waals surface area contributed by atoms with Crippen LogP contribution in [0.2, 0.25) is 0 Å². The summed E-state index contributed by atoms with van der Waals surface area (Å²) in [6, 6.07) is 3.36. The molecule has 1 aliphatic rings. The number of pyridine rings is 1. The third-order valence-electron chi connectivity index (χ3n) is 3.78. The Balaban J connectivity index is 1.85. The van der Waals surface area contributed by atoms with Gasteiger partial charge in [0.15, 0.2) is 0 Å². The average Bonchev–Trinajstić information content (AvgIpc) is 2.50. The van der Waals surface area contributed by atoms with Crippen molar-refractivity contribution in [1.29, 1.82) is 0 Å². The lowest BCUT2D eigenvalue weighted by Crippen LogP contribution is -2.46. The molecule has 1 aliphatic heterocycles. The number of nitrogens with one attached hydrogen (secondary N) is 1. The molecule has 0 aliphatic carbocycles. The van der Waals surface area contributed by atoms with Gasteiger partial charge in [0.25, 0.3) is 0 Å². The van der Waals surface area contributed by atoms with E-state index in [0.717, 1.165) is 44.9 Å². The molecule has 0 amide bonds. The minimum atomic E-state index is -0.294. The Morgan fingerprint density at radius 2 is 2.35 bits per heavy atom. The van der Waals surface area contributed by atoms with E-state index < -0.39 is 0 Å². The van der Waals surface area contributed by atoms with E-state index in [2.05, 4.69) is 29.0 Å². The molecule has 0 bridgehead atoms. The molecule has 1 aromatic rings. The molecule has 0 spiro atoms. The van der Waals surface area contributed by atoms with E-state index in [1.807, 2.05) is 0 Å². The minimum Gasteiger partial charge on any atom is -0.374 e. The van der Waals surface area contributed by atoms with Crippen molar-refractivity contribution in [3.05, 3.63) is 29.8 Å². The van der Waals surface area contributed by atoms with Crippen LogP contribution in [0.5, 0.6) is 0 Å². The van der Waals surface area contributed by atoms with Crippen LogP contribution in [0.4, 0.5) is 4.39 Å². The summed E-state index contributed by atoms with van der Waals surface area (Å²) in [4.78, 5) is 6.55. The molecule has 2 unspecified atom stereocenters. The van der Waals surface area contributed by atoms with Crippen LogP contribution in [0.1, 0.15) is 32.0 Å². The lowest BCUT2D eigenvalue weighted by molar-refractivity contribution is -0.0264. The van der Waals surface area contributed by atoms with Gasteiger partial charge in [-0.05, 0) is 25.1 Å². The molecule has 4 nitrogen and oxygen atoms in total. The van der Waals surface area contributed by atoms with Crippen LogP contribution >= 0.6 is 0 Å². The van der Waals surface area contributed by atoms with Crippen molar-refractivity contribution in [3.8, 4) is 0 Å². The highest BCUT2D eigenvalue weighted by molar-refractivity contribution is 5.09. The van der Waals surface area contributed by atoms with Crippen LogP contribution in [0.15, 0.2) is 18.3 Å². The topological polar surface area (TPSA) is 37.4 Å². The number of halogens is 1. The lowest BCUT2D eigenvalue weighted by atomic mass is 10.1. The summed E-state index contributed by atoms with van der Waals surface area (Å²) >= 11 is 0. The Kier molecular flexibility index (Phi) is 5.88. The molecule has 0 saturated carbocycles. The van der Waals surface area contributed by atoms with Crippen LogP contribution in [0, 0.1) is 5.82 Å². The van der Waals surface area contributed by atoms with E-state index >= 15 is 0 Å². The Bertz CT molecular complexity index is 399. The minimum absolute atomic E-state index is 0.149. The first-order chi connectivity index (χ1) is 9.72. The average molecular weight is 281 g/mol. The summed E-state index contributed by atoms with van der Waals surface area (Å²) in [6.07, 6.45) is 2.41. The van der Waals surface area contributed by atoms with Crippen molar-refractivity contribution < 1.29 is 9.13 Å². The number of nitrogens with zero attached hydrogens (tertiary/aromatic N) is 2. The number of likely N-dealkylation sites (N-methyl/N-ethyl adjacent to an activating group) is 1. The smallest absolute Gasteiger partial charge is 0.141 e. The zero-order valence-corrected chi connectivity index (χ0v) is 12.3. The van der Waals surface area contributed by atoms with Gasteiger partial charge in [-0.2, -0.15) is 0 Å². The summed E-state index contributed by atoms with van der Waals surface area (Å²) in [6.45, 7) is 8.92. The van der Waals surface area contributed by atoms with Crippen LogP contribution in [0.25, 0.3) is 0 Å². The Hall–Kier alpha value is -1.04. The maximum Gasteiger partial charge on any atom is 0.141 e. The molecule has 0 radical (unpaired) electrons. The molecule has 0 aromatic carbocycles. The van der Waals surface area contributed by atoms with Gasteiger partial charge in [0.05, 0.1) is 24.6 Å². The number of morpholine rings is 1. The summed E-state index contributed by atoms with van der Waals surface area (Å²) in [5.41, 5.74) is 0.886. The van der Waals surface area contributed by atoms with Gasteiger partial charge in [0, 0.05) is 25.7 Å². The maximum absolute atomic E-state index is 12.9. The van der Waals surface area contributed by atoms with E-state index in [1.165, 1.54) is 12.3 Å². The standard InChI is InChI=1S/C15H24FN3O/c1-3-14(15-6-5-12(16)9-17-15)18-10-13-11-19(4-2)7-8-20-13/h5-6,9,13-14,18H,3-4,7-8,10-11H2,1-2H3. The van der Waals surface area contributed by atoms with Crippen LogP contribution in [0.3, 0.4) is 0 Å². The maximum atomic E-state index is 12.9. The molecule has 1 fully saturated rings. The summed E-state index contributed by atoms with van der Waals surface area (Å²) < 4.78 is 18.7. The molecule has 112 valence electrons. The quantitative estimate of drug-likeness (QED) is 0.865. The van der Waals surface area contributed by atoms with Gasteiger partial charge in [-0.25, -0.2) is 4.39 Å². The molecule has 1 saturated heterocycles. The first-order valence-electron chi connectivity index (χ1n) is 7.41. The number of hydrogen-bond acceptors (Lipinski definition) is 4. The highest BCUT2D eigenvalue weighted by Crippen LogP contribution is 2.15. The zero-order chi connectivity index (χ0) is 14.4. The molecule has 2 rings (SSSR count). The van der Waals surface area contributed by atoms with E-state index in [4.69, 9.17) is 4.74 Å². The molecule has 2 atom stereocenters. The van der Waals surface area contributed by atoms with Crippen molar-refractivity contribution in [1.82, 2.24) is 15.2 Å². The van der Waals surface area contributed by atoms with Crippen molar-refractivity contribution in [3.63, 3.8) is 0 Å². The van der Waals surface area contributed by atoms with Crippen LogP contribution in [-0.2, 0) is 4.74 Å². The Morgan fingerprint density at radius 3 is 3.00 bits per heavy atom. The van der Waals surface area contributed by atoms with Gasteiger partial charge in [-0.1, -0.05) is 13.8 Å². The highest BCUT2D eigenvalue weighted by atomic mass is 19.1. The molecule has 5 heteroatoms. The fraction of sp³-hybridized carbons (Fsp3) is 0.667. The van der Waals surface area contributed by atoms with Crippen molar-refractivity contribution in [2.45, 2.75) is 32.4 Å². The zero-order valence-electron chi connectivity index (χ0n) is 12.3. The number of rotatable bonds is 6. The monoisotopic (exact) mass is 281 g/mol. The molecular weight excluding hydrogens is 257 g/mol. The van der Waals surface area contributed by atoms with E-state index in [9.17, 15) is 4.39 Å². The largest absolute Gasteiger partial charge is 0.374 e. The van der Waals surface area contributed by atoms with Gasteiger partial charge >= 0.3 is 0 Å². The predicted molar refractivity (Wildman–Crippen MR) is 77.1 cm³/mol. The highest BCUT2D eigenvalue weighted by Gasteiger charge is 2.20. The molecule has 2 heterocycles. The third-order valence-corrected chi connectivity index (χ3v) is 3.78. The second-order valence-corrected chi connectivity index (χ2v) is 5.16. The van der Waals surface area contributed by atoms with Gasteiger partial charge in [-0.15, -0.1) is 0 Å². The van der Waals surface area contributed by atoms with E-state index in [-0.39, 0.29) is 18.0 Å². The lowest BCUT2D eigenvalue weighted by Gasteiger charge is -2.33. The second-order valence-electron chi connectivity index (χ2n) is 5.16. The SMILES string of the molecule is CCC(NCC1CN(CC)CCO1)c1ccc(F)cn1. The van der Waals surface area contributed by atoms with Gasteiger partial charge in [0.2, 0.25) is 0 Å². The Labute approximate surface area is 120 Å². The van der Waals surface area contributed by atoms with E-state index in [1.54, 1.807) is 6.07 Å². The molecule has 20 heavy (non-hydrogen) atoms. The number of aromatic nitrogens is 1. The number of ether oxygens (including phenoxy) is 1. The summed E-state index contributed by atoms with van der Waals surface area (Å²) in [5.74, 6) is -0.294. The molecule has 1 aromatic heterocycles. The molecular formula is C15H24FN3O. The Morgan fingerprint density at radius 1 is 1.50 bits per heavy atom. The van der Waals surface area contributed by atoms with E-state index in [0.29, 0.717) is 0 Å².